The van der Waals surface area contributed by atoms with Crippen LogP contribution < -0.4 is 16.0 Å². The smallest absolute Gasteiger partial charge is 0.224 e. The van der Waals surface area contributed by atoms with Crippen molar-refractivity contribution < 1.29 is 13.9 Å². The highest BCUT2D eigenvalue weighted by molar-refractivity contribution is 5.80. The SMILES string of the molecule is CCNC(=NCCCOCC1CC1)NCCNC(=O)Cc1ccc(F)cc1. The van der Waals surface area contributed by atoms with Gasteiger partial charge in [-0.2, -0.15) is 0 Å². The molecule has 1 aromatic carbocycles. The van der Waals surface area contributed by atoms with Gasteiger partial charge in [-0.05, 0) is 49.8 Å². The standard InChI is InChI=1S/C20H31FN4O2/c1-2-22-20(24-10-3-13-27-15-17-4-5-17)25-12-11-23-19(26)14-16-6-8-18(21)9-7-16/h6-9,17H,2-5,10-15H2,1H3,(H,23,26)(H2,22,24,25). The molecule has 2 rings (SSSR count). The maximum atomic E-state index is 12.9. The van der Waals surface area contributed by atoms with Crippen LogP contribution in [0.3, 0.4) is 0 Å². The summed E-state index contributed by atoms with van der Waals surface area (Å²) in [4.78, 5) is 16.4. The second-order valence-electron chi connectivity index (χ2n) is 6.71. The van der Waals surface area contributed by atoms with Crippen LogP contribution in [0.4, 0.5) is 4.39 Å². The molecule has 0 unspecified atom stereocenters. The third kappa shape index (κ3) is 9.94. The van der Waals surface area contributed by atoms with Crippen LogP contribution in [0.15, 0.2) is 29.3 Å². The van der Waals surface area contributed by atoms with Gasteiger partial charge in [0.05, 0.1) is 6.42 Å². The summed E-state index contributed by atoms with van der Waals surface area (Å²) in [5.74, 6) is 1.16. The number of ether oxygens (including phenoxy) is 1. The van der Waals surface area contributed by atoms with E-state index in [1.807, 2.05) is 6.92 Å². The first-order chi connectivity index (χ1) is 13.2. The van der Waals surface area contributed by atoms with Gasteiger partial charge in [0, 0.05) is 39.4 Å². The van der Waals surface area contributed by atoms with E-state index in [0.717, 1.165) is 43.6 Å². The van der Waals surface area contributed by atoms with Gasteiger partial charge in [0.15, 0.2) is 5.96 Å². The van der Waals surface area contributed by atoms with Gasteiger partial charge in [-0.1, -0.05) is 12.1 Å². The number of nitrogens with zero attached hydrogens (tertiary/aromatic N) is 1. The maximum absolute atomic E-state index is 12.9. The number of hydrogen-bond acceptors (Lipinski definition) is 3. The number of rotatable bonds is 12. The fourth-order valence-electron chi connectivity index (χ4n) is 2.47. The Balaban J connectivity index is 1.56. The third-order valence-electron chi connectivity index (χ3n) is 4.13. The quantitative estimate of drug-likeness (QED) is 0.295. The molecule has 0 aromatic heterocycles. The summed E-state index contributed by atoms with van der Waals surface area (Å²) >= 11 is 0. The first-order valence-corrected chi connectivity index (χ1v) is 9.78. The molecule has 3 N–H and O–H groups in total. The minimum Gasteiger partial charge on any atom is -0.381 e. The van der Waals surface area contributed by atoms with Crippen LogP contribution in [-0.2, 0) is 16.0 Å². The number of halogens is 1. The summed E-state index contributed by atoms with van der Waals surface area (Å²) in [7, 11) is 0. The van der Waals surface area contributed by atoms with E-state index < -0.39 is 0 Å². The number of amides is 1. The molecule has 1 saturated carbocycles. The molecule has 0 saturated heterocycles. The molecule has 1 fully saturated rings. The van der Waals surface area contributed by atoms with Gasteiger partial charge < -0.3 is 20.7 Å². The molecule has 150 valence electrons. The summed E-state index contributed by atoms with van der Waals surface area (Å²) in [6, 6.07) is 5.97. The molecule has 1 amide bonds. The molecule has 0 aliphatic heterocycles. The van der Waals surface area contributed by atoms with Crippen LogP contribution in [0.25, 0.3) is 0 Å². The number of carbonyl (C=O) groups is 1. The molecule has 0 spiro atoms. The Labute approximate surface area is 161 Å². The van der Waals surface area contributed by atoms with E-state index in [1.165, 1.54) is 25.0 Å². The van der Waals surface area contributed by atoms with E-state index in [0.29, 0.717) is 19.6 Å². The van der Waals surface area contributed by atoms with E-state index in [1.54, 1.807) is 12.1 Å². The van der Waals surface area contributed by atoms with Crippen LogP contribution in [0.5, 0.6) is 0 Å². The summed E-state index contributed by atoms with van der Waals surface area (Å²) in [5, 5.41) is 9.23. The number of nitrogens with one attached hydrogen (secondary N) is 3. The van der Waals surface area contributed by atoms with Crippen molar-refractivity contribution in [2.75, 3.05) is 39.4 Å². The molecule has 0 heterocycles. The zero-order valence-electron chi connectivity index (χ0n) is 16.1. The van der Waals surface area contributed by atoms with Gasteiger partial charge in [-0.15, -0.1) is 0 Å². The average Bonchev–Trinajstić information content (AvgIpc) is 3.47. The minimum absolute atomic E-state index is 0.0850. The second-order valence-corrected chi connectivity index (χ2v) is 6.71. The van der Waals surface area contributed by atoms with Crippen LogP contribution in [0, 0.1) is 11.7 Å². The predicted octanol–water partition coefficient (Wildman–Crippen LogP) is 1.86. The predicted molar refractivity (Wildman–Crippen MR) is 105 cm³/mol. The lowest BCUT2D eigenvalue weighted by Crippen LogP contribution is -2.41. The summed E-state index contributed by atoms with van der Waals surface area (Å²) in [6.45, 7) is 6.21. The van der Waals surface area contributed by atoms with Crippen LogP contribution in [0.2, 0.25) is 0 Å². The molecule has 7 heteroatoms. The Bertz CT molecular complexity index is 588. The molecule has 0 atom stereocenters. The van der Waals surface area contributed by atoms with Crippen molar-refractivity contribution in [2.24, 2.45) is 10.9 Å². The number of guanidine groups is 1. The number of benzene rings is 1. The van der Waals surface area contributed by atoms with Crippen molar-refractivity contribution in [3.63, 3.8) is 0 Å². The van der Waals surface area contributed by atoms with E-state index in [2.05, 4.69) is 20.9 Å². The van der Waals surface area contributed by atoms with Crippen molar-refractivity contribution >= 4 is 11.9 Å². The molecule has 1 aromatic rings. The van der Waals surface area contributed by atoms with Gasteiger partial charge in [0.25, 0.3) is 0 Å². The molecular formula is C20H31FN4O2. The molecule has 0 bridgehead atoms. The van der Waals surface area contributed by atoms with Gasteiger partial charge in [0.2, 0.25) is 5.91 Å². The highest BCUT2D eigenvalue weighted by atomic mass is 19.1. The van der Waals surface area contributed by atoms with Gasteiger partial charge in [0.1, 0.15) is 5.82 Å². The largest absolute Gasteiger partial charge is 0.381 e. The number of carbonyl (C=O) groups excluding carboxylic acids is 1. The summed E-state index contributed by atoms with van der Waals surface area (Å²) in [5.41, 5.74) is 0.792. The molecule has 27 heavy (non-hydrogen) atoms. The molecule has 1 aliphatic carbocycles. The van der Waals surface area contributed by atoms with Crippen molar-refractivity contribution in [2.45, 2.75) is 32.6 Å². The van der Waals surface area contributed by atoms with Gasteiger partial charge in [-0.3, -0.25) is 9.79 Å². The maximum Gasteiger partial charge on any atom is 0.224 e. The highest BCUT2D eigenvalue weighted by Crippen LogP contribution is 2.28. The fourth-order valence-corrected chi connectivity index (χ4v) is 2.47. The van der Waals surface area contributed by atoms with Crippen molar-refractivity contribution in [3.8, 4) is 0 Å². The second kappa shape index (κ2) is 12.3. The Hall–Kier alpha value is -2.15. The zero-order chi connectivity index (χ0) is 19.3. The number of aliphatic imine (C=N–C) groups is 1. The van der Waals surface area contributed by atoms with Gasteiger partial charge in [-0.25, -0.2) is 4.39 Å². The molecule has 6 nitrogen and oxygen atoms in total. The van der Waals surface area contributed by atoms with Crippen LogP contribution >= 0.6 is 0 Å². The van der Waals surface area contributed by atoms with Crippen molar-refractivity contribution in [1.29, 1.82) is 0 Å². The van der Waals surface area contributed by atoms with Crippen molar-refractivity contribution in [3.05, 3.63) is 35.6 Å². The topological polar surface area (TPSA) is 74.8 Å². The molecule has 1 aliphatic rings. The Morgan fingerprint density at radius 1 is 1.19 bits per heavy atom. The molecular weight excluding hydrogens is 347 g/mol. The minimum atomic E-state index is -0.298. The zero-order valence-corrected chi connectivity index (χ0v) is 16.1. The fraction of sp³-hybridized carbons (Fsp3) is 0.600. The van der Waals surface area contributed by atoms with Crippen LogP contribution in [-0.4, -0.2) is 51.3 Å². The highest BCUT2D eigenvalue weighted by Gasteiger charge is 2.20. The lowest BCUT2D eigenvalue weighted by atomic mass is 10.1. The van der Waals surface area contributed by atoms with E-state index in [9.17, 15) is 9.18 Å². The summed E-state index contributed by atoms with van der Waals surface area (Å²) in [6.07, 6.45) is 3.77. The first-order valence-electron chi connectivity index (χ1n) is 9.78. The average molecular weight is 378 g/mol. The van der Waals surface area contributed by atoms with E-state index in [4.69, 9.17) is 4.74 Å². The Morgan fingerprint density at radius 3 is 2.63 bits per heavy atom. The Morgan fingerprint density at radius 2 is 1.93 bits per heavy atom. The van der Waals surface area contributed by atoms with Crippen LogP contribution in [0.1, 0.15) is 31.7 Å². The van der Waals surface area contributed by atoms with E-state index >= 15 is 0 Å². The number of hydrogen-bond donors (Lipinski definition) is 3. The molecule has 0 radical (unpaired) electrons. The lowest BCUT2D eigenvalue weighted by molar-refractivity contribution is -0.120. The lowest BCUT2D eigenvalue weighted by Gasteiger charge is -2.12. The Kier molecular flexibility index (Phi) is 9.62. The monoisotopic (exact) mass is 378 g/mol. The normalized spacial score (nSPS) is 14.1. The summed E-state index contributed by atoms with van der Waals surface area (Å²) < 4.78 is 18.5. The van der Waals surface area contributed by atoms with Crippen molar-refractivity contribution in [1.82, 2.24) is 16.0 Å². The third-order valence-corrected chi connectivity index (χ3v) is 4.13. The van der Waals surface area contributed by atoms with Gasteiger partial charge >= 0.3 is 0 Å². The van der Waals surface area contributed by atoms with E-state index in [-0.39, 0.29) is 18.1 Å². The first kappa shape index (κ1) is 21.2.